The molecule has 2 N–H and O–H groups in total. The number of methoxy groups -OCH3 is 3. The van der Waals surface area contributed by atoms with E-state index in [4.69, 9.17) is 18.9 Å². The second-order valence-corrected chi connectivity index (χ2v) is 3.17. The van der Waals surface area contributed by atoms with E-state index in [0.29, 0.717) is 11.5 Å². The normalized spacial score (nSPS) is 9.94. The first-order valence-corrected chi connectivity index (χ1v) is 4.87. The zero-order valence-corrected chi connectivity index (χ0v) is 9.97. The van der Waals surface area contributed by atoms with Gasteiger partial charge in [-0.1, -0.05) is 0 Å². The first kappa shape index (κ1) is 13.6. The van der Waals surface area contributed by atoms with Crippen molar-refractivity contribution in [3.05, 3.63) is 12.1 Å². The third-order valence-electron chi connectivity index (χ3n) is 2.13. The molecule has 94 valence electrons. The molecule has 1 rings (SSSR count). The Morgan fingerprint density at radius 2 is 1.59 bits per heavy atom. The number of hydrogen-bond donors (Lipinski definition) is 2. The number of benzene rings is 1. The molecule has 7 heteroatoms. The molecule has 0 aliphatic rings. The molecule has 0 spiro atoms. The first-order chi connectivity index (χ1) is 8.13. The van der Waals surface area contributed by atoms with Crippen LogP contribution in [0.5, 0.6) is 17.2 Å². The van der Waals surface area contributed by atoms with Crippen LogP contribution in [0.15, 0.2) is 12.1 Å². The summed E-state index contributed by atoms with van der Waals surface area (Å²) in [6.07, 6.45) is 0. The van der Waals surface area contributed by atoms with Crippen LogP contribution < -0.4 is 19.7 Å². The molecule has 0 aliphatic carbocycles. The summed E-state index contributed by atoms with van der Waals surface area (Å²) in [4.78, 5) is 0. The Hall–Kier alpha value is -1.44. The molecule has 17 heavy (non-hydrogen) atoms. The molecular formula is C10H15BO6. The fourth-order valence-electron chi connectivity index (χ4n) is 1.33. The van der Waals surface area contributed by atoms with Crippen LogP contribution in [0.1, 0.15) is 0 Å². The van der Waals surface area contributed by atoms with Gasteiger partial charge in [0.25, 0.3) is 0 Å². The number of rotatable bonds is 6. The molecule has 0 heterocycles. The average molecular weight is 242 g/mol. The zero-order valence-electron chi connectivity index (χ0n) is 9.97. The van der Waals surface area contributed by atoms with Crippen molar-refractivity contribution < 1.29 is 29.0 Å². The largest absolute Gasteiger partial charge is 0.493 e. The lowest BCUT2D eigenvalue weighted by Crippen LogP contribution is -2.32. The molecule has 6 nitrogen and oxygen atoms in total. The minimum absolute atomic E-state index is 0.00476. The highest BCUT2D eigenvalue weighted by Crippen LogP contribution is 2.29. The Morgan fingerprint density at radius 1 is 1.00 bits per heavy atom. The molecule has 0 radical (unpaired) electrons. The maximum atomic E-state index is 9.23. The highest BCUT2D eigenvalue weighted by molar-refractivity contribution is 6.59. The molecule has 0 atom stereocenters. The van der Waals surface area contributed by atoms with Crippen molar-refractivity contribution in [1.29, 1.82) is 0 Å². The maximum absolute atomic E-state index is 9.23. The maximum Gasteiger partial charge on any atom is 0.492 e. The second-order valence-electron chi connectivity index (χ2n) is 3.17. The van der Waals surface area contributed by atoms with Crippen molar-refractivity contribution in [3.63, 3.8) is 0 Å². The van der Waals surface area contributed by atoms with Crippen molar-refractivity contribution >= 4 is 12.6 Å². The van der Waals surface area contributed by atoms with Crippen molar-refractivity contribution in [3.8, 4) is 17.2 Å². The van der Waals surface area contributed by atoms with Crippen molar-refractivity contribution in [1.82, 2.24) is 0 Å². The van der Waals surface area contributed by atoms with Crippen LogP contribution in [-0.2, 0) is 4.74 Å². The lowest BCUT2D eigenvalue weighted by molar-refractivity contribution is 0.0515. The molecule has 0 bridgehead atoms. The van der Waals surface area contributed by atoms with Gasteiger partial charge in [0.2, 0.25) is 0 Å². The zero-order chi connectivity index (χ0) is 12.8. The Morgan fingerprint density at radius 3 is 2.06 bits per heavy atom. The third-order valence-corrected chi connectivity index (χ3v) is 2.13. The molecule has 0 unspecified atom stereocenters. The van der Waals surface area contributed by atoms with Crippen molar-refractivity contribution in [2.75, 3.05) is 28.1 Å². The summed E-state index contributed by atoms with van der Waals surface area (Å²) in [6, 6.07) is 2.95. The van der Waals surface area contributed by atoms with E-state index in [1.165, 1.54) is 33.5 Å². The monoisotopic (exact) mass is 242 g/mol. The summed E-state index contributed by atoms with van der Waals surface area (Å²) < 4.78 is 20.1. The lowest BCUT2D eigenvalue weighted by atomic mass is 9.79. The topological polar surface area (TPSA) is 77.4 Å². The van der Waals surface area contributed by atoms with Crippen LogP contribution >= 0.6 is 0 Å². The number of hydrogen-bond acceptors (Lipinski definition) is 6. The van der Waals surface area contributed by atoms with E-state index in [9.17, 15) is 10.0 Å². The molecule has 1 aromatic rings. The Balaban J connectivity index is 3.15. The smallest absolute Gasteiger partial charge is 0.492 e. The number of ether oxygens (including phenoxy) is 4. The van der Waals surface area contributed by atoms with E-state index in [1.807, 2.05) is 0 Å². The van der Waals surface area contributed by atoms with Gasteiger partial charge in [-0.05, 0) is 6.07 Å². The van der Waals surface area contributed by atoms with Gasteiger partial charge in [0, 0.05) is 18.6 Å². The van der Waals surface area contributed by atoms with Gasteiger partial charge in [-0.25, -0.2) is 0 Å². The van der Waals surface area contributed by atoms with Gasteiger partial charge < -0.3 is 29.0 Å². The van der Waals surface area contributed by atoms with Gasteiger partial charge in [0.15, 0.2) is 18.3 Å². The standard InChI is InChI=1S/C10H15BO6/c1-14-6-17-8-5-10(16-3)9(15-2)4-7(8)11(12)13/h4-5,12-13H,6H2,1-3H3. The summed E-state index contributed by atoms with van der Waals surface area (Å²) in [5.41, 5.74) is 0.180. The van der Waals surface area contributed by atoms with Crippen LogP contribution in [0.3, 0.4) is 0 Å². The molecule has 0 amide bonds. The van der Waals surface area contributed by atoms with Crippen LogP contribution in [0, 0.1) is 0 Å². The van der Waals surface area contributed by atoms with Gasteiger partial charge in [0.1, 0.15) is 5.75 Å². The summed E-state index contributed by atoms with van der Waals surface area (Å²) in [6.45, 7) is -0.00476. The van der Waals surface area contributed by atoms with Crippen LogP contribution in [0.2, 0.25) is 0 Å². The minimum atomic E-state index is -1.67. The molecule has 0 aromatic heterocycles. The predicted molar refractivity (Wildman–Crippen MR) is 61.9 cm³/mol. The summed E-state index contributed by atoms with van der Waals surface area (Å²) in [5.74, 6) is 1.09. The third kappa shape index (κ3) is 3.26. The van der Waals surface area contributed by atoms with Crippen LogP contribution in [0.25, 0.3) is 0 Å². The summed E-state index contributed by atoms with van der Waals surface area (Å²) in [7, 11) is 2.74. The van der Waals surface area contributed by atoms with E-state index in [2.05, 4.69) is 0 Å². The van der Waals surface area contributed by atoms with E-state index < -0.39 is 7.12 Å². The van der Waals surface area contributed by atoms with Crippen LogP contribution in [0.4, 0.5) is 0 Å². The molecular weight excluding hydrogens is 227 g/mol. The van der Waals surface area contributed by atoms with E-state index in [0.717, 1.165) is 0 Å². The van der Waals surface area contributed by atoms with E-state index >= 15 is 0 Å². The molecule has 0 saturated carbocycles. The highest BCUT2D eigenvalue weighted by Gasteiger charge is 2.21. The first-order valence-electron chi connectivity index (χ1n) is 4.87. The SMILES string of the molecule is COCOc1cc(OC)c(OC)cc1B(O)O. The molecule has 0 saturated heterocycles. The van der Waals surface area contributed by atoms with Gasteiger partial charge in [-0.3, -0.25) is 0 Å². The van der Waals surface area contributed by atoms with Crippen molar-refractivity contribution in [2.24, 2.45) is 0 Å². The Labute approximate surface area is 99.8 Å². The van der Waals surface area contributed by atoms with Gasteiger partial charge in [0.05, 0.1) is 14.2 Å². The quantitative estimate of drug-likeness (QED) is 0.510. The summed E-state index contributed by atoms with van der Waals surface area (Å²) in [5, 5.41) is 18.5. The van der Waals surface area contributed by atoms with Crippen LogP contribution in [-0.4, -0.2) is 45.3 Å². The molecule has 0 aliphatic heterocycles. The fraction of sp³-hybridized carbons (Fsp3) is 0.400. The van der Waals surface area contributed by atoms with Gasteiger partial charge >= 0.3 is 7.12 Å². The Bertz CT molecular complexity index is 368. The minimum Gasteiger partial charge on any atom is -0.493 e. The highest BCUT2D eigenvalue weighted by atomic mass is 16.7. The second kappa shape index (κ2) is 6.34. The van der Waals surface area contributed by atoms with Gasteiger partial charge in [-0.2, -0.15) is 0 Å². The summed E-state index contributed by atoms with van der Waals surface area (Å²) >= 11 is 0. The van der Waals surface area contributed by atoms with Crippen molar-refractivity contribution in [2.45, 2.75) is 0 Å². The van der Waals surface area contributed by atoms with E-state index in [-0.39, 0.29) is 18.0 Å². The molecule has 0 fully saturated rings. The van der Waals surface area contributed by atoms with Gasteiger partial charge in [-0.15, -0.1) is 0 Å². The lowest BCUT2D eigenvalue weighted by Gasteiger charge is -2.14. The average Bonchev–Trinajstić information content (AvgIpc) is 2.34. The molecule has 1 aromatic carbocycles. The fourth-order valence-corrected chi connectivity index (χ4v) is 1.33. The van der Waals surface area contributed by atoms with E-state index in [1.54, 1.807) is 0 Å². The predicted octanol–water partition coefficient (Wildman–Crippen LogP) is -0.634. The Kier molecular flexibility index (Phi) is 5.08.